The molecule has 7 heteroatoms. The maximum absolute atomic E-state index is 13.0. The molecule has 0 aliphatic heterocycles. The SMILES string of the molecule is Cc1ccc(C(=O)CCC(=O)O[C@H](C)c2nnc(-c3ccc(F)cc3)o2)cc1. The van der Waals surface area contributed by atoms with Crippen LogP contribution in [0.25, 0.3) is 11.5 Å². The fourth-order valence-corrected chi connectivity index (χ4v) is 2.51. The van der Waals surface area contributed by atoms with E-state index in [1.54, 1.807) is 19.1 Å². The van der Waals surface area contributed by atoms with E-state index in [0.717, 1.165) is 5.56 Å². The van der Waals surface area contributed by atoms with E-state index in [1.165, 1.54) is 24.3 Å². The predicted molar refractivity (Wildman–Crippen MR) is 98.9 cm³/mol. The Morgan fingerprint density at radius 3 is 2.39 bits per heavy atom. The molecular formula is C21H19FN2O4. The van der Waals surface area contributed by atoms with E-state index in [0.29, 0.717) is 11.1 Å². The lowest BCUT2D eigenvalue weighted by molar-refractivity contribution is -0.149. The number of aromatic nitrogens is 2. The molecular weight excluding hydrogens is 363 g/mol. The molecule has 0 amide bonds. The molecule has 0 aliphatic rings. The summed E-state index contributed by atoms with van der Waals surface area (Å²) in [6, 6.07) is 12.8. The molecule has 0 fully saturated rings. The van der Waals surface area contributed by atoms with Gasteiger partial charge in [-0.25, -0.2) is 4.39 Å². The van der Waals surface area contributed by atoms with E-state index >= 15 is 0 Å². The van der Waals surface area contributed by atoms with Crippen molar-refractivity contribution in [3.8, 4) is 11.5 Å². The van der Waals surface area contributed by atoms with E-state index < -0.39 is 12.1 Å². The Morgan fingerprint density at radius 1 is 1.04 bits per heavy atom. The van der Waals surface area contributed by atoms with E-state index in [4.69, 9.17) is 9.15 Å². The van der Waals surface area contributed by atoms with Crippen LogP contribution in [0, 0.1) is 12.7 Å². The first-order valence-electron chi connectivity index (χ1n) is 8.81. The third kappa shape index (κ3) is 4.88. The van der Waals surface area contributed by atoms with E-state index in [2.05, 4.69) is 10.2 Å². The van der Waals surface area contributed by atoms with E-state index in [-0.39, 0.29) is 36.2 Å². The average molecular weight is 382 g/mol. The highest BCUT2D eigenvalue weighted by atomic mass is 19.1. The summed E-state index contributed by atoms with van der Waals surface area (Å²) >= 11 is 0. The van der Waals surface area contributed by atoms with Crippen molar-refractivity contribution in [1.82, 2.24) is 10.2 Å². The molecule has 1 aromatic heterocycles. The van der Waals surface area contributed by atoms with Gasteiger partial charge in [0.2, 0.25) is 5.89 Å². The molecule has 1 atom stereocenters. The van der Waals surface area contributed by atoms with Crippen molar-refractivity contribution < 1.29 is 23.1 Å². The van der Waals surface area contributed by atoms with E-state index in [9.17, 15) is 14.0 Å². The standard InChI is InChI=1S/C21H19FN2O4/c1-13-3-5-15(6-4-13)18(25)11-12-19(26)27-14(2)20-23-24-21(28-20)16-7-9-17(22)10-8-16/h3-10,14H,11-12H2,1-2H3/t14-/m1/s1. The Kier molecular flexibility index (Phi) is 5.93. The highest BCUT2D eigenvalue weighted by Crippen LogP contribution is 2.23. The van der Waals surface area contributed by atoms with Gasteiger partial charge in [0, 0.05) is 17.5 Å². The number of ketones is 1. The third-order valence-electron chi connectivity index (χ3n) is 4.12. The molecule has 0 aliphatic carbocycles. The first-order valence-corrected chi connectivity index (χ1v) is 8.81. The Labute approximate surface area is 161 Å². The van der Waals surface area contributed by atoms with Crippen LogP contribution in [-0.2, 0) is 9.53 Å². The van der Waals surface area contributed by atoms with Gasteiger partial charge in [-0.05, 0) is 38.1 Å². The number of halogens is 1. The smallest absolute Gasteiger partial charge is 0.307 e. The fourth-order valence-electron chi connectivity index (χ4n) is 2.51. The zero-order chi connectivity index (χ0) is 20.1. The molecule has 0 radical (unpaired) electrons. The van der Waals surface area contributed by atoms with E-state index in [1.807, 2.05) is 19.1 Å². The molecule has 28 heavy (non-hydrogen) atoms. The van der Waals surface area contributed by atoms with Gasteiger partial charge in [0.1, 0.15) is 5.82 Å². The number of aryl methyl sites for hydroxylation is 1. The van der Waals surface area contributed by atoms with Crippen molar-refractivity contribution in [2.75, 3.05) is 0 Å². The number of ether oxygens (including phenoxy) is 1. The fraction of sp³-hybridized carbons (Fsp3) is 0.238. The number of esters is 1. The Bertz CT molecular complexity index is 965. The summed E-state index contributed by atoms with van der Waals surface area (Å²) in [5.41, 5.74) is 2.18. The van der Waals surface area contributed by atoms with Crippen molar-refractivity contribution in [3.05, 3.63) is 71.4 Å². The first-order chi connectivity index (χ1) is 13.4. The number of Topliss-reactive ketones (excluding diaryl/α,β-unsaturated/α-hetero) is 1. The lowest BCUT2D eigenvalue weighted by Gasteiger charge is -2.09. The van der Waals surface area contributed by atoms with Gasteiger partial charge in [-0.1, -0.05) is 29.8 Å². The minimum Gasteiger partial charge on any atom is -0.453 e. The quantitative estimate of drug-likeness (QED) is 0.443. The van der Waals surface area contributed by atoms with Crippen molar-refractivity contribution in [2.45, 2.75) is 32.8 Å². The molecule has 0 unspecified atom stereocenters. The minimum absolute atomic E-state index is 0.0456. The lowest BCUT2D eigenvalue weighted by Crippen LogP contribution is -2.11. The molecule has 1 heterocycles. The summed E-state index contributed by atoms with van der Waals surface area (Å²) < 4.78 is 23.7. The molecule has 2 aromatic carbocycles. The Balaban J connectivity index is 1.53. The topological polar surface area (TPSA) is 82.3 Å². The number of benzene rings is 2. The van der Waals surface area contributed by atoms with Crippen LogP contribution < -0.4 is 0 Å². The molecule has 3 rings (SSSR count). The Hall–Kier alpha value is -3.35. The van der Waals surface area contributed by atoms with Crippen LogP contribution in [0.4, 0.5) is 4.39 Å². The predicted octanol–water partition coefficient (Wildman–Crippen LogP) is 4.45. The van der Waals surface area contributed by atoms with Gasteiger partial charge in [0.25, 0.3) is 5.89 Å². The number of carbonyl (C=O) groups excluding carboxylic acids is 2. The van der Waals surface area contributed by atoms with Crippen LogP contribution in [0.2, 0.25) is 0 Å². The second-order valence-corrected chi connectivity index (χ2v) is 6.37. The monoisotopic (exact) mass is 382 g/mol. The molecule has 0 saturated heterocycles. The van der Waals surface area contributed by atoms with Gasteiger partial charge in [-0.15, -0.1) is 10.2 Å². The third-order valence-corrected chi connectivity index (χ3v) is 4.12. The van der Waals surface area contributed by atoms with Gasteiger partial charge in [0.15, 0.2) is 11.9 Å². The number of carbonyl (C=O) groups is 2. The largest absolute Gasteiger partial charge is 0.453 e. The van der Waals surface area contributed by atoms with Crippen LogP contribution >= 0.6 is 0 Å². The zero-order valence-corrected chi connectivity index (χ0v) is 15.5. The maximum atomic E-state index is 13.0. The Morgan fingerprint density at radius 2 is 1.71 bits per heavy atom. The molecule has 0 saturated carbocycles. The number of hydrogen-bond donors (Lipinski definition) is 0. The van der Waals surface area contributed by atoms with Crippen LogP contribution in [0.5, 0.6) is 0 Å². The lowest BCUT2D eigenvalue weighted by atomic mass is 10.1. The van der Waals surface area contributed by atoms with Gasteiger partial charge >= 0.3 is 5.97 Å². The van der Waals surface area contributed by atoms with Gasteiger partial charge in [-0.2, -0.15) is 0 Å². The average Bonchev–Trinajstić information content (AvgIpc) is 3.17. The maximum Gasteiger partial charge on any atom is 0.307 e. The summed E-state index contributed by atoms with van der Waals surface area (Å²) in [6.45, 7) is 3.54. The van der Waals surface area contributed by atoms with Crippen LogP contribution in [0.1, 0.15) is 47.7 Å². The molecule has 0 spiro atoms. The summed E-state index contributed by atoms with van der Waals surface area (Å²) in [5.74, 6) is -0.702. The van der Waals surface area contributed by atoms with Crippen LogP contribution in [0.15, 0.2) is 52.9 Å². The molecule has 144 valence electrons. The number of nitrogens with zero attached hydrogens (tertiary/aromatic N) is 2. The first kappa shape index (κ1) is 19.4. The van der Waals surface area contributed by atoms with Gasteiger partial charge in [0.05, 0.1) is 6.42 Å². The molecule has 0 bridgehead atoms. The molecule has 3 aromatic rings. The zero-order valence-electron chi connectivity index (χ0n) is 15.5. The highest BCUT2D eigenvalue weighted by molar-refractivity contribution is 5.97. The second-order valence-electron chi connectivity index (χ2n) is 6.37. The van der Waals surface area contributed by atoms with Crippen LogP contribution in [0.3, 0.4) is 0 Å². The molecule has 0 N–H and O–H groups in total. The minimum atomic E-state index is -0.760. The van der Waals surface area contributed by atoms with Gasteiger partial charge in [-0.3, -0.25) is 9.59 Å². The van der Waals surface area contributed by atoms with Crippen molar-refractivity contribution in [1.29, 1.82) is 0 Å². The van der Waals surface area contributed by atoms with Crippen LogP contribution in [-0.4, -0.2) is 21.9 Å². The summed E-state index contributed by atoms with van der Waals surface area (Å²) in [7, 11) is 0. The summed E-state index contributed by atoms with van der Waals surface area (Å²) in [6.07, 6.45) is -0.751. The van der Waals surface area contributed by atoms with Crippen molar-refractivity contribution >= 4 is 11.8 Å². The van der Waals surface area contributed by atoms with Crippen molar-refractivity contribution in [2.24, 2.45) is 0 Å². The van der Waals surface area contributed by atoms with Crippen molar-refractivity contribution in [3.63, 3.8) is 0 Å². The number of rotatable bonds is 7. The van der Waals surface area contributed by atoms with Gasteiger partial charge < -0.3 is 9.15 Å². The normalized spacial score (nSPS) is 11.8. The second kappa shape index (κ2) is 8.56. The number of hydrogen-bond acceptors (Lipinski definition) is 6. The summed E-state index contributed by atoms with van der Waals surface area (Å²) in [4.78, 5) is 24.1. The summed E-state index contributed by atoms with van der Waals surface area (Å²) in [5, 5.41) is 7.75. The highest BCUT2D eigenvalue weighted by Gasteiger charge is 2.20. The molecule has 6 nitrogen and oxygen atoms in total.